The van der Waals surface area contributed by atoms with Gasteiger partial charge in [-0.3, -0.25) is 4.79 Å². The minimum atomic E-state index is 0.109. The molecule has 3 atom stereocenters. The number of nitrogens with one attached hydrogen (secondary N) is 1. The van der Waals surface area contributed by atoms with Crippen molar-refractivity contribution in [3.8, 4) is 0 Å². The van der Waals surface area contributed by atoms with Crippen LogP contribution in [0.3, 0.4) is 0 Å². The van der Waals surface area contributed by atoms with Crippen molar-refractivity contribution in [3.05, 3.63) is 35.5 Å². The predicted molar refractivity (Wildman–Crippen MR) is 114 cm³/mol. The SMILES string of the molecule is CCn1cc2c3c(cccc31)[C@H]1C[C@@H](C(=O)NC3CCCCC3)CN(C)[C@@H]1C2. The molecule has 0 unspecified atom stereocenters. The van der Waals surface area contributed by atoms with Gasteiger partial charge in [0.2, 0.25) is 5.91 Å². The fraction of sp³-hybridized carbons (Fsp3) is 0.625. The molecule has 2 aliphatic carbocycles. The Labute approximate surface area is 168 Å². The first-order valence-corrected chi connectivity index (χ1v) is 11.3. The summed E-state index contributed by atoms with van der Waals surface area (Å²) in [5.74, 6) is 0.865. The van der Waals surface area contributed by atoms with Crippen molar-refractivity contribution in [2.24, 2.45) is 5.92 Å². The molecule has 28 heavy (non-hydrogen) atoms. The number of hydrogen-bond donors (Lipinski definition) is 1. The Morgan fingerprint density at radius 2 is 2.04 bits per heavy atom. The van der Waals surface area contributed by atoms with Crippen LogP contribution in [0.4, 0.5) is 0 Å². The Hall–Kier alpha value is -1.81. The van der Waals surface area contributed by atoms with Gasteiger partial charge in [-0.25, -0.2) is 0 Å². The summed E-state index contributed by atoms with van der Waals surface area (Å²) in [5, 5.41) is 4.86. The van der Waals surface area contributed by atoms with Gasteiger partial charge in [0.05, 0.1) is 5.92 Å². The van der Waals surface area contributed by atoms with E-state index >= 15 is 0 Å². The Balaban J connectivity index is 1.42. The molecule has 1 aromatic carbocycles. The normalized spacial score (nSPS) is 28.3. The summed E-state index contributed by atoms with van der Waals surface area (Å²) < 4.78 is 2.39. The van der Waals surface area contributed by atoms with Gasteiger partial charge in [0.25, 0.3) is 0 Å². The number of rotatable bonds is 3. The van der Waals surface area contributed by atoms with E-state index in [0.29, 0.717) is 23.9 Å². The second-order valence-electron chi connectivity index (χ2n) is 9.28. The highest BCUT2D eigenvalue weighted by molar-refractivity contribution is 5.89. The molecule has 5 rings (SSSR count). The maximum absolute atomic E-state index is 13.1. The lowest BCUT2D eigenvalue weighted by Gasteiger charge is -2.45. The number of amides is 1. The Morgan fingerprint density at radius 3 is 2.82 bits per heavy atom. The first-order chi connectivity index (χ1) is 13.7. The van der Waals surface area contributed by atoms with Crippen molar-refractivity contribution in [3.63, 3.8) is 0 Å². The minimum absolute atomic E-state index is 0.109. The molecular formula is C24H33N3O. The summed E-state index contributed by atoms with van der Waals surface area (Å²) in [4.78, 5) is 15.5. The average Bonchev–Trinajstić information content (AvgIpc) is 3.08. The highest BCUT2D eigenvalue weighted by Gasteiger charge is 2.41. The highest BCUT2D eigenvalue weighted by atomic mass is 16.2. The van der Waals surface area contributed by atoms with Crippen molar-refractivity contribution in [1.82, 2.24) is 14.8 Å². The third-order valence-electron chi connectivity index (χ3n) is 7.59. The number of likely N-dealkylation sites (N-methyl/N-ethyl adjacent to an activating group) is 1. The zero-order chi connectivity index (χ0) is 19.3. The molecule has 1 aromatic heterocycles. The van der Waals surface area contributed by atoms with Crippen LogP contribution in [0.5, 0.6) is 0 Å². The molecule has 1 aliphatic heterocycles. The zero-order valence-corrected chi connectivity index (χ0v) is 17.3. The fourth-order valence-electron chi connectivity index (χ4n) is 6.14. The summed E-state index contributed by atoms with van der Waals surface area (Å²) in [6.45, 7) is 4.12. The van der Waals surface area contributed by atoms with E-state index in [1.165, 1.54) is 41.3 Å². The van der Waals surface area contributed by atoms with Gasteiger partial charge >= 0.3 is 0 Å². The van der Waals surface area contributed by atoms with Crippen LogP contribution in [0.15, 0.2) is 24.4 Å². The predicted octanol–water partition coefficient (Wildman–Crippen LogP) is 4.07. The summed E-state index contributed by atoms with van der Waals surface area (Å²) in [6.07, 6.45) is 10.6. The van der Waals surface area contributed by atoms with Crippen LogP contribution in [0, 0.1) is 5.92 Å². The van der Waals surface area contributed by atoms with Crippen LogP contribution in [0.1, 0.15) is 62.5 Å². The van der Waals surface area contributed by atoms with E-state index in [1.54, 1.807) is 0 Å². The van der Waals surface area contributed by atoms with Crippen molar-refractivity contribution in [2.75, 3.05) is 13.6 Å². The lowest BCUT2D eigenvalue weighted by molar-refractivity contribution is -0.128. The van der Waals surface area contributed by atoms with Crippen molar-refractivity contribution >= 4 is 16.8 Å². The van der Waals surface area contributed by atoms with Crippen molar-refractivity contribution in [1.29, 1.82) is 0 Å². The number of likely N-dealkylation sites (tertiary alicyclic amines) is 1. The number of nitrogens with zero attached hydrogens (tertiary/aromatic N) is 2. The van der Waals surface area contributed by atoms with E-state index in [9.17, 15) is 4.79 Å². The molecule has 4 nitrogen and oxygen atoms in total. The van der Waals surface area contributed by atoms with Crippen molar-refractivity contribution < 1.29 is 4.79 Å². The van der Waals surface area contributed by atoms with Gasteiger partial charge in [0.1, 0.15) is 0 Å². The minimum Gasteiger partial charge on any atom is -0.353 e. The van der Waals surface area contributed by atoms with Crippen LogP contribution in [0.2, 0.25) is 0 Å². The van der Waals surface area contributed by atoms with Crippen LogP contribution in [-0.4, -0.2) is 41.1 Å². The zero-order valence-electron chi connectivity index (χ0n) is 17.3. The summed E-state index contributed by atoms with van der Waals surface area (Å²) in [7, 11) is 2.22. The molecule has 0 radical (unpaired) electrons. The Kier molecular flexibility index (Phi) is 4.70. The molecule has 2 aromatic rings. The van der Waals surface area contributed by atoms with Gasteiger partial charge in [-0.1, -0.05) is 31.4 Å². The molecule has 4 heteroatoms. The monoisotopic (exact) mass is 379 g/mol. The maximum Gasteiger partial charge on any atom is 0.224 e. The largest absolute Gasteiger partial charge is 0.353 e. The summed E-state index contributed by atoms with van der Waals surface area (Å²) in [6, 6.07) is 7.71. The number of fused-ring (bicyclic) bond motifs is 2. The first-order valence-electron chi connectivity index (χ1n) is 11.3. The van der Waals surface area contributed by atoms with E-state index in [1.807, 2.05) is 0 Å². The molecular weight excluding hydrogens is 346 g/mol. The number of hydrogen-bond acceptors (Lipinski definition) is 2. The molecule has 2 heterocycles. The van der Waals surface area contributed by atoms with Crippen LogP contribution >= 0.6 is 0 Å². The van der Waals surface area contributed by atoms with Gasteiger partial charge < -0.3 is 14.8 Å². The first kappa shape index (κ1) is 18.2. The third kappa shape index (κ3) is 2.97. The van der Waals surface area contributed by atoms with E-state index in [-0.39, 0.29) is 5.92 Å². The van der Waals surface area contributed by atoms with Gasteiger partial charge in [0.15, 0.2) is 0 Å². The van der Waals surface area contributed by atoms with Gasteiger partial charge in [0, 0.05) is 48.2 Å². The van der Waals surface area contributed by atoms with Crippen LogP contribution in [-0.2, 0) is 17.8 Å². The Bertz CT molecular complexity index is 879. The van der Waals surface area contributed by atoms with Crippen LogP contribution < -0.4 is 5.32 Å². The number of piperidine rings is 1. The average molecular weight is 380 g/mol. The number of carbonyl (C=O) groups excluding carboxylic acids is 1. The number of aromatic nitrogens is 1. The number of benzene rings is 1. The van der Waals surface area contributed by atoms with Gasteiger partial charge in [-0.15, -0.1) is 0 Å². The van der Waals surface area contributed by atoms with Gasteiger partial charge in [-0.2, -0.15) is 0 Å². The standard InChI is InChI=1S/C24H33N3O/c1-3-27-15-16-13-22-20(19-10-7-11-21(27)23(16)19)12-17(14-26(22)2)24(28)25-18-8-5-4-6-9-18/h7,10-11,15,17-18,20,22H,3-6,8-9,12-14H2,1-2H3,(H,25,28)/t17-,20-,22-/m1/s1. The molecule has 1 amide bonds. The fourth-order valence-corrected chi connectivity index (χ4v) is 6.14. The molecule has 0 bridgehead atoms. The smallest absolute Gasteiger partial charge is 0.224 e. The van der Waals surface area contributed by atoms with E-state index in [0.717, 1.165) is 38.8 Å². The second kappa shape index (κ2) is 7.22. The second-order valence-corrected chi connectivity index (χ2v) is 9.28. The summed E-state index contributed by atoms with van der Waals surface area (Å²) in [5.41, 5.74) is 4.33. The molecule has 1 saturated heterocycles. The van der Waals surface area contributed by atoms with Crippen LogP contribution in [0.25, 0.3) is 10.9 Å². The lowest BCUT2D eigenvalue weighted by Crippen LogP contribution is -2.52. The summed E-state index contributed by atoms with van der Waals surface area (Å²) >= 11 is 0. The maximum atomic E-state index is 13.1. The topological polar surface area (TPSA) is 37.3 Å². The van der Waals surface area contributed by atoms with E-state index in [4.69, 9.17) is 0 Å². The lowest BCUT2D eigenvalue weighted by atomic mass is 9.72. The Morgan fingerprint density at radius 1 is 1.21 bits per heavy atom. The molecule has 1 N–H and O–H groups in total. The van der Waals surface area contributed by atoms with Crippen molar-refractivity contribution in [2.45, 2.75) is 76.4 Å². The molecule has 150 valence electrons. The van der Waals surface area contributed by atoms with E-state index in [2.05, 4.69) is 53.2 Å². The van der Waals surface area contributed by atoms with E-state index < -0.39 is 0 Å². The number of aryl methyl sites for hydroxylation is 1. The molecule has 0 spiro atoms. The molecule has 3 aliphatic rings. The number of carbonyl (C=O) groups is 1. The molecule has 1 saturated carbocycles. The quantitative estimate of drug-likeness (QED) is 0.873. The van der Waals surface area contributed by atoms with Gasteiger partial charge in [-0.05, 0) is 56.8 Å². The third-order valence-corrected chi connectivity index (χ3v) is 7.59. The highest BCUT2D eigenvalue weighted by Crippen LogP contribution is 2.45. The molecule has 2 fully saturated rings.